The molecular weight excluding hydrogens is 672 g/mol. The Kier molecular flexibility index (Phi) is 13.1. The number of likely N-dealkylation sites (N-methyl/N-ethyl adjacent to an activating group) is 1. The van der Waals surface area contributed by atoms with Gasteiger partial charge in [0.05, 0.1) is 17.1 Å². The zero-order valence-electron chi connectivity index (χ0n) is 30.1. The molecule has 0 saturated carbocycles. The maximum Gasteiger partial charge on any atom is 0.410 e. The number of para-hydroxylation sites is 1. The Hall–Kier alpha value is -4.03. The molecule has 0 spiro atoms. The van der Waals surface area contributed by atoms with Crippen LogP contribution in [0.5, 0.6) is 0 Å². The summed E-state index contributed by atoms with van der Waals surface area (Å²) in [4.78, 5) is 59.0. The first-order valence-corrected chi connectivity index (χ1v) is 18.6. The first-order chi connectivity index (χ1) is 24.4. The van der Waals surface area contributed by atoms with Gasteiger partial charge in [0.25, 0.3) is 5.91 Å². The number of likely N-dealkylation sites (tertiary alicyclic amines) is 2. The number of hydrogen-bond acceptors (Lipinski definition) is 7. The van der Waals surface area contributed by atoms with E-state index < -0.39 is 18.2 Å². The highest BCUT2D eigenvalue weighted by Gasteiger charge is 2.35. The Morgan fingerprint density at radius 2 is 1.78 bits per heavy atom. The predicted molar refractivity (Wildman–Crippen MR) is 198 cm³/mol. The van der Waals surface area contributed by atoms with Gasteiger partial charge in [-0.05, 0) is 99.2 Å². The Bertz CT molecular complexity index is 1530. The molecule has 2 atom stereocenters. The molecule has 2 saturated heterocycles. The van der Waals surface area contributed by atoms with Gasteiger partial charge in [0.1, 0.15) is 0 Å². The maximum atomic E-state index is 13.9. The number of nitrogens with two attached hydrogens (primary N) is 1. The Morgan fingerprint density at radius 1 is 1.08 bits per heavy atom. The van der Waals surface area contributed by atoms with E-state index in [4.69, 9.17) is 27.2 Å². The third kappa shape index (κ3) is 10.1. The second kappa shape index (κ2) is 17.5. The van der Waals surface area contributed by atoms with Crippen LogP contribution in [0.3, 0.4) is 0 Å². The highest BCUT2D eigenvalue weighted by atomic mass is 35.5. The van der Waals surface area contributed by atoms with Gasteiger partial charge in [-0.3, -0.25) is 9.59 Å². The Balaban J connectivity index is 1.17. The summed E-state index contributed by atoms with van der Waals surface area (Å²) in [6.45, 7) is 8.36. The topological polar surface area (TPSA) is 149 Å². The number of anilines is 2. The van der Waals surface area contributed by atoms with E-state index in [1.165, 1.54) is 0 Å². The normalized spacial score (nSPS) is 18.7. The third-order valence-corrected chi connectivity index (χ3v) is 11.3. The number of carbonyl (C=O) groups is 4. The number of amides is 4. The lowest BCUT2D eigenvalue weighted by atomic mass is 9.83. The van der Waals surface area contributed by atoms with Crippen LogP contribution in [-0.2, 0) is 27.2 Å². The predicted octanol–water partition coefficient (Wildman–Crippen LogP) is 5.50. The summed E-state index contributed by atoms with van der Waals surface area (Å²) in [5.41, 5.74) is 10.0. The smallest absolute Gasteiger partial charge is 0.410 e. The summed E-state index contributed by atoms with van der Waals surface area (Å²) in [5, 5.41) is 12.4. The quantitative estimate of drug-likeness (QED) is 0.243. The van der Waals surface area contributed by atoms with Crippen LogP contribution in [0, 0.1) is 18.8 Å². The number of nitrogen functional groups attached to an aromatic ring is 1. The van der Waals surface area contributed by atoms with E-state index in [1.807, 2.05) is 42.2 Å². The van der Waals surface area contributed by atoms with Gasteiger partial charge in [-0.1, -0.05) is 42.8 Å². The van der Waals surface area contributed by atoms with Crippen LogP contribution >= 0.6 is 11.6 Å². The molecule has 4 amide bonds. The lowest BCUT2D eigenvalue weighted by molar-refractivity contribution is -0.140. The first-order valence-electron chi connectivity index (χ1n) is 18.2. The summed E-state index contributed by atoms with van der Waals surface area (Å²) in [5.74, 6) is -0.169. The molecular formula is C38H53ClN6O6. The van der Waals surface area contributed by atoms with Crippen LogP contribution in [0.1, 0.15) is 62.1 Å². The largest absolute Gasteiger partial charge is 0.481 e. The molecule has 4 N–H and O–H groups in total. The number of urea groups is 1. The van der Waals surface area contributed by atoms with Crippen LogP contribution in [0.25, 0.3) is 0 Å². The number of aliphatic carboxylic acids is 1. The Morgan fingerprint density at radius 3 is 2.47 bits per heavy atom. The number of hydrogen-bond donors (Lipinski definition) is 3. The molecule has 3 aliphatic heterocycles. The lowest BCUT2D eigenvalue weighted by Gasteiger charge is -2.38. The van der Waals surface area contributed by atoms with E-state index in [0.717, 1.165) is 61.2 Å². The highest BCUT2D eigenvalue weighted by Crippen LogP contribution is 2.29. The van der Waals surface area contributed by atoms with Crippen molar-refractivity contribution in [2.24, 2.45) is 11.8 Å². The lowest BCUT2D eigenvalue weighted by Crippen LogP contribution is -2.51. The van der Waals surface area contributed by atoms with E-state index in [2.05, 4.69) is 17.1 Å². The van der Waals surface area contributed by atoms with E-state index in [9.17, 15) is 19.2 Å². The summed E-state index contributed by atoms with van der Waals surface area (Å²) in [6, 6.07) is 11.3. The maximum absolute atomic E-state index is 13.9. The molecule has 13 heteroatoms. The number of carboxylic acid groups (broad SMARTS) is 1. The van der Waals surface area contributed by atoms with E-state index in [0.29, 0.717) is 68.1 Å². The van der Waals surface area contributed by atoms with Gasteiger partial charge in [-0.25, -0.2) is 9.59 Å². The molecule has 5 rings (SSSR count). The summed E-state index contributed by atoms with van der Waals surface area (Å²) in [6.07, 6.45) is 3.51. The molecule has 1 unspecified atom stereocenters. The molecule has 3 heterocycles. The molecule has 0 aromatic heterocycles. The van der Waals surface area contributed by atoms with Crippen molar-refractivity contribution in [2.45, 2.75) is 77.4 Å². The number of aryl methyl sites for hydroxylation is 1. The van der Waals surface area contributed by atoms with Crippen molar-refractivity contribution in [1.82, 2.24) is 19.6 Å². The van der Waals surface area contributed by atoms with Crippen LogP contribution in [0.2, 0.25) is 5.02 Å². The minimum absolute atomic E-state index is 0.00853. The second-order valence-electron chi connectivity index (χ2n) is 14.5. The number of nitrogens with one attached hydrogen (secondary N) is 1. The SMILES string of the molecule is Cc1cc(C[C@@H](OC(=O)N2CCC(N3CCc4ccccc4NC3=O)CC2)C(=O)N(C)CCC(C)C2CCN(CCC(=O)O)CC2)cc(Cl)c1N. The zero-order valence-corrected chi connectivity index (χ0v) is 30.9. The van der Waals surface area contributed by atoms with Crippen molar-refractivity contribution in [3.8, 4) is 0 Å². The van der Waals surface area contributed by atoms with Crippen molar-refractivity contribution in [2.75, 3.05) is 63.9 Å². The molecule has 0 radical (unpaired) electrons. The van der Waals surface area contributed by atoms with Crippen molar-refractivity contribution >= 4 is 47.0 Å². The molecule has 3 aliphatic rings. The van der Waals surface area contributed by atoms with Crippen molar-refractivity contribution in [3.05, 3.63) is 58.1 Å². The van der Waals surface area contributed by atoms with Gasteiger partial charge in [-0.2, -0.15) is 0 Å². The zero-order chi connectivity index (χ0) is 36.7. The fraction of sp³-hybridized carbons (Fsp3) is 0.579. The van der Waals surface area contributed by atoms with Gasteiger partial charge in [-0.15, -0.1) is 0 Å². The standard InChI is InChI=1S/C38H53ClN6O6/c1-25(28-9-16-43(17-10-28)18-14-34(46)47)8-15-42(3)36(48)33(24-27-22-26(2)35(40)31(39)23-27)51-38(50)44-19-12-30(13-20-44)45-21-11-29-6-4-5-7-32(29)41-37(45)49/h4-7,22-23,25,28,30,33H,8-21,24,40H2,1-3H3,(H,41,49)(H,46,47)/t25?,33-/m1/s1. The molecule has 2 fully saturated rings. The van der Waals surface area contributed by atoms with Gasteiger partial charge in [0.2, 0.25) is 0 Å². The number of benzene rings is 2. The Labute approximate surface area is 306 Å². The second-order valence-corrected chi connectivity index (χ2v) is 14.9. The number of fused-ring (bicyclic) bond motifs is 1. The van der Waals surface area contributed by atoms with Gasteiger partial charge in [0, 0.05) is 57.9 Å². The average molecular weight is 725 g/mol. The van der Waals surface area contributed by atoms with Crippen LogP contribution in [-0.4, -0.2) is 114 Å². The summed E-state index contributed by atoms with van der Waals surface area (Å²) in [7, 11) is 1.75. The van der Waals surface area contributed by atoms with E-state index in [1.54, 1.807) is 22.9 Å². The monoisotopic (exact) mass is 724 g/mol. The molecule has 2 aromatic rings. The van der Waals surface area contributed by atoms with Crippen molar-refractivity contribution in [1.29, 1.82) is 0 Å². The fourth-order valence-corrected chi connectivity index (χ4v) is 7.91. The molecule has 12 nitrogen and oxygen atoms in total. The summed E-state index contributed by atoms with van der Waals surface area (Å²) >= 11 is 6.40. The van der Waals surface area contributed by atoms with Gasteiger partial charge in [0.15, 0.2) is 6.10 Å². The van der Waals surface area contributed by atoms with Crippen LogP contribution < -0.4 is 11.1 Å². The molecule has 278 valence electrons. The number of nitrogens with zero attached hydrogens (tertiary/aromatic N) is 4. The van der Waals surface area contributed by atoms with Crippen molar-refractivity contribution < 1.29 is 29.0 Å². The number of carboxylic acids is 1. The molecule has 51 heavy (non-hydrogen) atoms. The number of halogens is 1. The number of ether oxygens (including phenoxy) is 1. The molecule has 0 aliphatic carbocycles. The average Bonchev–Trinajstić information content (AvgIpc) is 3.29. The highest BCUT2D eigenvalue weighted by molar-refractivity contribution is 6.33. The molecule has 2 aromatic carbocycles. The van der Waals surface area contributed by atoms with E-state index >= 15 is 0 Å². The number of carbonyl (C=O) groups excluding carboxylic acids is 3. The van der Waals surface area contributed by atoms with Gasteiger partial charge >= 0.3 is 18.1 Å². The number of rotatable bonds is 12. The number of piperidine rings is 2. The minimum Gasteiger partial charge on any atom is -0.481 e. The summed E-state index contributed by atoms with van der Waals surface area (Å²) < 4.78 is 6.01. The third-order valence-electron chi connectivity index (χ3n) is 11.0. The molecule has 0 bridgehead atoms. The first kappa shape index (κ1) is 38.2. The minimum atomic E-state index is -1.05. The van der Waals surface area contributed by atoms with Crippen LogP contribution in [0.15, 0.2) is 36.4 Å². The van der Waals surface area contributed by atoms with E-state index in [-0.39, 0.29) is 30.8 Å². The van der Waals surface area contributed by atoms with Gasteiger partial charge < -0.3 is 40.5 Å². The fourth-order valence-electron chi connectivity index (χ4n) is 7.62. The van der Waals surface area contributed by atoms with Crippen molar-refractivity contribution in [3.63, 3.8) is 0 Å². The van der Waals surface area contributed by atoms with Crippen LogP contribution in [0.4, 0.5) is 21.0 Å².